The molecule has 1 atom stereocenters. The lowest BCUT2D eigenvalue weighted by Gasteiger charge is -2.29. The molecule has 8 rings (SSSR count). The Morgan fingerprint density at radius 3 is 2.39 bits per heavy atom. The molecular formula is C41H43F2N11O5. The summed E-state index contributed by atoms with van der Waals surface area (Å²) in [5.74, 6) is -2.12. The third-order valence-corrected chi connectivity index (χ3v) is 11.3. The summed E-state index contributed by atoms with van der Waals surface area (Å²) in [4.78, 5) is 68.7. The van der Waals surface area contributed by atoms with E-state index >= 15 is 0 Å². The van der Waals surface area contributed by atoms with Crippen LogP contribution in [0.5, 0.6) is 0 Å². The number of fused-ring (bicyclic) bond motifs is 2. The molecule has 59 heavy (non-hydrogen) atoms. The minimum absolute atomic E-state index is 0.0465. The number of nitrogens with two attached hydrogens (primary N) is 1. The molecule has 5 amide bonds. The van der Waals surface area contributed by atoms with Crippen LogP contribution in [-0.4, -0.2) is 84.5 Å². The second-order valence-electron chi connectivity index (χ2n) is 15.1. The molecule has 306 valence electrons. The first kappa shape index (κ1) is 39.3. The molecule has 2 fully saturated rings. The fourth-order valence-corrected chi connectivity index (χ4v) is 8.11. The highest BCUT2D eigenvalue weighted by Crippen LogP contribution is 2.35. The molecule has 18 heteroatoms. The molecule has 0 bridgehead atoms. The lowest BCUT2D eigenvalue weighted by Crippen LogP contribution is -2.54. The van der Waals surface area contributed by atoms with Crippen molar-refractivity contribution in [2.24, 2.45) is 5.92 Å². The highest BCUT2D eigenvalue weighted by Gasteiger charge is 2.45. The van der Waals surface area contributed by atoms with Crippen molar-refractivity contribution in [1.29, 1.82) is 0 Å². The molecule has 5 heterocycles. The van der Waals surface area contributed by atoms with Crippen molar-refractivity contribution >= 4 is 52.4 Å². The zero-order chi connectivity index (χ0) is 41.2. The van der Waals surface area contributed by atoms with Crippen LogP contribution < -0.4 is 27.0 Å². The summed E-state index contributed by atoms with van der Waals surface area (Å²) in [6, 6.07) is 13.8. The number of aromatic nitrogens is 5. The lowest BCUT2D eigenvalue weighted by atomic mass is 9.86. The summed E-state index contributed by atoms with van der Waals surface area (Å²) in [6.45, 7) is 2.17. The van der Waals surface area contributed by atoms with Gasteiger partial charge in [-0.3, -0.25) is 38.9 Å². The molecule has 3 aliphatic rings. The van der Waals surface area contributed by atoms with Crippen LogP contribution in [0, 0.1) is 5.92 Å². The topological polar surface area (TPSA) is 211 Å². The van der Waals surface area contributed by atoms with E-state index in [1.165, 1.54) is 28.5 Å². The van der Waals surface area contributed by atoms with E-state index in [9.17, 15) is 32.8 Å². The van der Waals surface area contributed by atoms with Gasteiger partial charge in [-0.05, 0) is 93.3 Å². The SMILES string of the molecule is Nc1ccn2ncc(C(=O)Nc3cn(C4CCC(CNCCc5ccc(CCNc6cccc7c6C(=O)N(C6CCC(=O)NC6=O)C7=O)cc5)CC4)nc3C(F)F)c2n1. The maximum absolute atomic E-state index is 14.0. The molecule has 16 nitrogen and oxygen atoms in total. The van der Waals surface area contributed by atoms with Crippen molar-refractivity contribution in [1.82, 2.24) is 39.9 Å². The summed E-state index contributed by atoms with van der Waals surface area (Å²) < 4.78 is 30.9. The number of benzene rings is 2. The van der Waals surface area contributed by atoms with Gasteiger partial charge in [-0.15, -0.1) is 0 Å². The number of alkyl halides is 2. The van der Waals surface area contributed by atoms with E-state index in [1.54, 1.807) is 29.1 Å². The van der Waals surface area contributed by atoms with Gasteiger partial charge in [-0.25, -0.2) is 18.3 Å². The number of imide groups is 2. The normalized spacial score (nSPS) is 19.4. The number of piperidine rings is 1. The fourth-order valence-electron chi connectivity index (χ4n) is 8.11. The van der Waals surface area contributed by atoms with Gasteiger partial charge in [0.1, 0.15) is 17.4 Å². The van der Waals surface area contributed by atoms with E-state index in [0.717, 1.165) is 55.7 Å². The third kappa shape index (κ3) is 8.25. The number of rotatable bonds is 14. The molecule has 1 saturated heterocycles. The van der Waals surface area contributed by atoms with E-state index in [4.69, 9.17) is 5.73 Å². The first-order valence-electron chi connectivity index (χ1n) is 19.7. The number of amides is 5. The quantitative estimate of drug-likeness (QED) is 0.0788. The van der Waals surface area contributed by atoms with Crippen molar-refractivity contribution < 1.29 is 32.8 Å². The van der Waals surface area contributed by atoms with Crippen LogP contribution >= 0.6 is 0 Å². The average molecular weight is 808 g/mol. The largest absolute Gasteiger partial charge is 0.384 e. The summed E-state index contributed by atoms with van der Waals surface area (Å²) in [6.07, 6.45) is 6.56. The van der Waals surface area contributed by atoms with Gasteiger partial charge < -0.3 is 21.7 Å². The second kappa shape index (κ2) is 16.7. The van der Waals surface area contributed by atoms with Gasteiger partial charge in [0.05, 0.1) is 29.1 Å². The number of halogens is 2. The predicted octanol–water partition coefficient (Wildman–Crippen LogP) is 4.32. The Labute approximate surface area is 336 Å². The van der Waals surface area contributed by atoms with E-state index < -0.39 is 47.7 Å². The first-order chi connectivity index (χ1) is 28.5. The second-order valence-corrected chi connectivity index (χ2v) is 15.1. The Bertz CT molecular complexity index is 2420. The van der Waals surface area contributed by atoms with Crippen LogP contribution in [0.1, 0.15) is 98.9 Å². The number of carbonyl (C=O) groups is 5. The average Bonchev–Trinajstić information content (AvgIpc) is 3.92. The monoisotopic (exact) mass is 807 g/mol. The number of nitrogen functional groups attached to an aromatic ring is 1. The Hall–Kier alpha value is -6.56. The highest BCUT2D eigenvalue weighted by molar-refractivity contribution is 6.25. The zero-order valence-electron chi connectivity index (χ0n) is 32.0. The van der Waals surface area contributed by atoms with Crippen LogP contribution in [0.15, 0.2) is 67.1 Å². The van der Waals surface area contributed by atoms with Crippen molar-refractivity contribution in [2.45, 2.75) is 69.9 Å². The van der Waals surface area contributed by atoms with E-state index in [-0.39, 0.29) is 52.7 Å². The Balaban J connectivity index is 0.765. The van der Waals surface area contributed by atoms with Gasteiger partial charge in [0.25, 0.3) is 24.1 Å². The number of nitrogens with zero attached hydrogens (tertiary/aromatic N) is 6. The van der Waals surface area contributed by atoms with Crippen LogP contribution in [0.2, 0.25) is 0 Å². The summed E-state index contributed by atoms with van der Waals surface area (Å²) in [5, 5.41) is 19.9. The van der Waals surface area contributed by atoms with Crippen LogP contribution in [0.4, 0.5) is 26.0 Å². The molecule has 5 aromatic rings. The number of hydrogen-bond acceptors (Lipinski definition) is 11. The van der Waals surface area contributed by atoms with E-state index in [1.807, 2.05) is 0 Å². The molecule has 0 radical (unpaired) electrons. The highest BCUT2D eigenvalue weighted by atomic mass is 19.3. The van der Waals surface area contributed by atoms with Gasteiger partial charge in [0.15, 0.2) is 11.3 Å². The Morgan fingerprint density at radius 1 is 0.915 bits per heavy atom. The minimum Gasteiger partial charge on any atom is -0.384 e. The van der Waals surface area contributed by atoms with Crippen molar-refractivity contribution in [3.63, 3.8) is 0 Å². The Kier molecular flexibility index (Phi) is 11.1. The summed E-state index contributed by atoms with van der Waals surface area (Å²) >= 11 is 0. The molecule has 6 N–H and O–H groups in total. The number of hydrogen-bond donors (Lipinski definition) is 5. The molecule has 1 aliphatic carbocycles. The van der Waals surface area contributed by atoms with Crippen molar-refractivity contribution in [3.05, 3.63) is 101 Å². The summed E-state index contributed by atoms with van der Waals surface area (Å²) in [7, 11) is 0. The fraction of sp³-hybridized carbons (Fsp3) is 0.366. The molecule has 1 unspecified atom stereocenters. The van der Waals surface area contributed by atoms with Crippen LogP contribution in [-0.2, 0) is 22.4 Å². The Morgan fingerprint density at radius 2 is 1.66 bits per heavy atom. The molecular weight excluding hydrogens is 765 g/mol. The molecule has 0 spiro atoms. The third-order valence-electron chi connectivity index (χ3n) is 11.3. The van der Waals surface area contributed by atoms with Gasteiger partial charge in [0.2, 0.25) is 11.8 Å². The maximum atomic E-state index is 14.0. The number of carbonyl (C=O) groups excluding carboxylic acids is 5. The predicted molar refractivity (Wildman–Crippen MR) is 212 cm³/mol. The smallest absolute Gasteiger partial charge is 0.284 e. The number of nitrogens with one attached hydrogen (secondary N) is 4. The lowest BCUT2D eigenvalue weighted by molar-refractivity contribution is -0.136. The maximum Gasteiger partial charge on any atom is 0.284 e. The zero-order valence-corrected chi connectivity index (χ0v) is 32.0. The van der Waals surface area contributed by atoms with Crippen molar-refractivity contribution in [3.8, 4) is 0 Å². The van der Waals surface area contributed by atoms with Gasteiger partial charge >= 0.3 is 0 Å². The molecule has 3 aromatic heterocycles. The molecule has 2 aromatic carbocycles. The minimum atomic E-state index is -2.87. The van der Waals surface area contributed by atoms with Crippen LogP contribution in [0.25, 0.3) is 5.65 Å². The van der Waals surface area contributed by atoms with Crippen LogP contribution in [0.3, 0.4) is 0 Å². The van der Waals surface area contributed by atoms with Gasteiger partial charge in [-0.1, -0.05) is 30.3 Å². The summed E-state index contributed by atoms with van der Waals surface area (Å²) in [5.41, 5.74) is 8.85. The molecule has 2 aliphatic heterocycles. The molecule has 1 saturated carbocycles. The number of anilines is 3. The standard InChI is InChI=1S/C41H43F2N11O5/c42-36(43)35-30(48-38(56)28-21-47-52-19-16-32(44)49-37(28)52)22-53(51-35)26-10-8-25(9-11-26)20-45-17-14-23-4-6-24(7-5-23)15-18-46-29-3-1-2-27-34(29)41(59)54(40(27)58)31-12-13-33(55)50-39(31)57/h1-7,16,19,21-22,25-26,31,36,45-46H,8-15,17-18,20H2,(H2,44,49)(H,48,56)(H,50,55,57). The van der Waals surface area contributed by atoms with Gasteiger partial charge in [0, 0.05) is 31.0 Å². The van der Waals surface area contributed by atoms with Gasteiger partial charge in [-0.2, -0.15) is 10.2 Å². The van der Waals surface area contributed by atoms with E-state index in [0.29, 0.717) is 24.6 Å². The van der Waals surface area contributed by atoms with Crippen molar-refractivity contribution in [2.75, 3.05) is 36.0 Å². The van der Waals surface area contributed by atoms with E-state index in [2.05, 4.69) is 60.7 Å². The first-order valence-corrected chi connectivity index (χ1v) is 19.7.